The molecule has 2 heterocycles. The lowest BCUT2D eigenvalue weighted by molar-refractivity contribution is 0.0706. The summed E-state index contributed by atoms with van der Waals surface area (Å²) in [6.45, 7) is 5.55. The first-order chi connectivity index (χ1) is 9.15. The van der Waals surface area contributed by atoms with Gasteiger partial charge in [-0.15, -0.1) is 11.3 Å². The molecule has 0 aliphatic carbocycles. The number of nitrogens with zero attached hydrogens (tertiary/aromatic N) is 1. The van der Waals surface area contributed by atoms with Crippen LogP contribution in [-0.4, -0.2) is 29.9 Å². The fourth-order valence-electron chi connectivity index (χ4n) is 2.59. The van der Waals surface area contributed by atoms with E-state index in [4.69, 9.17) is 5.73 Å². The first-order valence-electron chi connectivity index (χ1n) is 6.72. The molecule has 1 fully saturated rings. The molecular formula is C15H20N2OS. The molecule has 2 rings (SSSR count). The Kier molecular flexibility index (Phi) is 4.62. The Morgan fingerprint density at radius 2 is 2.42 bits per heavy atom. The number of hydrogen-bond acceptors (Lipinski definition) is 3. The summed E-state index contributed by atoms with van der Waals surface area (Å²) >= 11 is 1.47. The third-order valence-corrected chi connectivity index (χ3v) is 4.42. The van der Waals surface area contributed by atoms with Gasteiger partial charge in [-0.3, -0.25) is 4.79 Å². The van der Waals surface area contributed by atoms with E-state index in [1.54, 1.807) is 0 Å². The SMILES string of the molecule is CC(C)C1CCCN1C(=O)c1sccc1C#CCN. The largest absolute Gasteiger partial charge is 0.335 e. The van der Waals surface area contributed by atoms with Crippen molar-refractivity contribution in [3.8, 4) is 11.8 Å². The average Bonchev–Trinajstić information content (AvgIpc) is 3.04. The zero-order valence-corrected chi connectivity index (χ0v) is 12.3. The van der Waals surface area contributed by atoms with Crippen molar-refractivity contribution in [2.45, 2.75) is 32.7 Å². The van der Waals surface area contributed by atoms with Crippen LogP contribution in [0.3, 0.4) is 0 Å². The third kappa shape index (κ3) is 2.99. The first-order valence-corrected chi connectivity index (χ1v) is 7.60. The van der Waals surface area contributed by atoms with Crippen LogP contribution < -0.4 is 5.73 Å². The highest BCUT2D eigenvalue weighted by atomic mass is 32.1. The number of amides is 1. The fraction of sp³-hybridized carbons (Fsp3) is 0.533. The van der Waals surface area contributed by atoms with Crippen molar-refractivity contribution in [2.75, 3.05) is 13.1 Å². The van der Waals surface area contributed by atoms with Crippen LogP contribution >= 0.6 is 11.3 Å². The molecule has 1 amide bonds. The van der Waals surface area contributed by atoms with Gasteiger partial charge in [0.05, 0.1) is 6.54 Å². The fourth-order valence-corrected chi connectivity index (χ4v) is 3.39. The van der Waals surface area contributed by atoms with Crippen LogP contribution in [0.2, 0.25) is 0 Å². The molecule has 3 nitrogen and oxygen atoms in total. The Hall–Kier alpha value is -1.31. The number of hydrogen-bond donors (Lipinski definition) is 1. The van der Waals surface area contributed by atoms with Gasteiger partial charge in [-0.2, -0.15) is 0 Å². The van der Waals surface area contributed by atoms with Gasteiger partial charge in [0.25, 0.3) is 5.91 Å². The molecule has 0 radical (unpaired) electrons. The van der Waals surface area contributed by atoms with E-state index in [0.29, 0.717) is 18.5 Å². The average molecular weight is 276 g/mol. The molecule has 0 spiro atoms. The van der Waals surface area contributed by atoms with Gasteiger partial charge in [-0.1, -0.05) is 25.7 Å². The Morgan fingerprint density at radius 3 is 3.11 bits per heavy atom. The normalized spacial score (nSPS) is 18.5. The molecule has 19 heavy (non-hydrogen) atoms. The van der Waals surface area contributed by atoms with E-state index in [1.807, 2.05) is 16.3 Å². The summed E-state index contributed by atoms with van der Waals surface area (Å²) in [5, 5.41) is 1.92. The van der Waals surface area contributed by atoms with E-state index < -0.39 is 0 Å². The summed E-state index contributed by atoms with van der Waals surface area (Å²) in [5.41, 5.74) is 6.20. The van der Waals surface area contributed by atoms with Crippen LogP contribution in [0, 0.1) is 17.8 Å². The summed E-state index contributed by atoms with van der Waals surface area (Å²) in [4.78, 5) is 15.4. The lowest BCUT2D eigenvalue weighted by atomic mass is 10.0. The lowest BCUT2D eigenvalue weighted by Crippen LogP contribution is -2.38. The minimum absolute atomic E-state index is 0.132. The predicted octanol–water partition coefficient (Wildman–Crippen LogP) is 2.32. The number of likely N-dealkylation sites (tertiary alicyclic amines) is 1. The van der Waals surface area contributed by atoms with Gasteiger partial charge >= 0.3 is 0 Å². The minimum Gasteiger partial charge on any atom is -0.335 e. The summed E-state index contributed by atoms with van der Waals surface area (Å²) in [7, 11) is 0. The standard InChI is InChI=1S/C15H20N2OS/c1-11(2)13-6-4-9-17(13)15(18)14-12(5-3-8-16)7-10-19-14/h7,10-11,13H,4,6,8-9,16H2,1-2H3. The molecule has 1 aromatic rings. The molecule has 1 unspecified atom stereocenters. The number of carbonyl (C=O) groups excluding carboxylic acids is 1. The molecule has 1 aliphatic rings. The van der Waals surface area contributed by atoms with E-state index in [9.17, 15) is 4.79 Å². The number of carbonyl (C=O) groups is 1. The zero-order chi connectivity index (χ0) is 13.8. The predicted molar refractivity (Wildman–Crippen MR) is 79.1 cm³/mol. The number of rotatable bonds is 2. The second-order valence-electron chi connectivity index (χ2n) is 5.12. The molecule has 0 bridgehead atoms. The number of nitrogens with two attached hydrogens (primary N) is 1. The maximum Gasteiger partial charge on any atom is 0.265 e. The maximum absolute atomic E-state index is 12.6. The zero-order valence-electron chi connectivity index (χ0n) is 11.5. The van der Waals surface area contributed by atoms with Gasteiger partial charge in [-0.25, -0.2) is 0 Å². The van der Waals surface area contributed by atoms with Crippen LogP contribution in [0.1, 0.15) is 41.9 Å². The minimum atomic E-state index is 0.132. The first kappa shape index (κ1) is 14.1. The highest BCUT2D eigenvalue weighted by molar-refractivity contribution is 7.12. The Labute approximate surface area is 118 Å². The quantitative estimate of drug-likeness (QED) is 0.843. The summed E-state index contributed by atoms with van der Waals surface area (Å²) in [6, 6.07) is 2.27. The van der Waals surface area contributed by atoms with E-state index in [-0.39, 0.29) is 5.91 Å². The Bertz CT molecular complexity index is 510. The van der Waals surface area contributed by atoms with Crippen LogP contribution in [-0.2, 0) is 0 Å². The van der Waals surface area contributed by atoms with Crippen molar-refractivity contribution in [1.82, 2.24) is 4.90 Å². The smallest absolute Gasteiger partial charge is 0.265 e. The van der Waals surface area contributed by atoms with Crippen molar-refractivity contribution in [3.05, 3.63) is 21.9 Å². The van der Waals surface area contributed by atoms with Gasteiger partial charge in [0.2, 0.25) is 0 Å². The van der Waals surface area contributed by atoms with E-state index in [2.05, 4.69) is 25.7 Å². The molecule has 4 heteroatoms. The summed E-state index contributed by atoms with van der Waals surface area (Å²) in [5.74, 6) is 6.45. The van der Waals surface area contributed by atoms with Crippen LogP contribution in [0.4, 0.5) is 0 Å². The summed E-state index contributed by atoms with van der Waals surface area (Å²) in [6.07, 6.45) is 2.21. The molecule has 0 aromatic carbocycles. The molecule has 1 saturated heterocycles. The highest BCUT2D eigenvalue weighted by Crippen LogP contribution is 2.28. The van der Waals surface area contributed by atoms with Crippen molar-refractivity contribution >= 4 is 17.2 Å². The molecule has 1 aliphatic heterocycles. The van der Waals surface area contributed by atoms with Crippen LogP contribution in [0.15, 0.2) is 11.4 Å². The molecular weight excluding hydrogens is 256 g/mol. The van der Waals surface area contributed by atoms with Gasteiger partial charge in [0.1, 0.15) is 4.88 Å². The second-order valence-corrected chi connectivity index (χ2v) is 6.04. The summed E-state index contributed by atoms with van der Waals surface area (Å²) < 4.78 is 0. The maximum atomic E-state index is 12.6. The van der Waals surface area contributed by atoms with Crippen molar-refractivity contribution in [1.29, 1.82) is 0 Å². The molecule has 1 aromatic heterocycles. The van der Waals surface area contributed by atoms with E-state index >= 15 is 0 Å². The molecule has 2 N–H and O–H groups in total. The Balaban J connectivity index is 2.22. The third-order valence-electron chi connectivity index (χ3n) is 3.51. The van der Waals surface area contributed by atoms with Gasteiger partial charge in [0.15, 0.2) is 0 Å². The number of thiophene rings is 1. The second kappa shape index (κ2) is 6.23. The Morgan fingerprint density at radius 1 is 1.63 bits per heavy atom. The molecule has 0 saturated carbocycles. The monoisotopic (exact) mass is 276 g/mol. The van der Waals surface area contributed by atoms with Crippen LogP contribution in [0.5, 0.6) is 0 Å². The molecule has 1 atom stereocenters. The van der Waals surface area contributed by atoms with Crippen molar-refractivity contribution < 1.29 is 4.79 Å². The van der Waals surface area contributed by atoms with E-state index in [0.717, 1.165) is 29.8 Å². The van der Waals surface area contributed by atoms with Gasteiger partial charge in [-0.05, 0) is 30.2 Å². The van der Waals surface area contributed by atoms with Crippen molar-refractivity contribution in [2.24, 2.45) is 11.7 Å². The highest BCUT2D eigenvalue weighted by Gasteiger charge is 2.32. The van der Waals surface area contributed by atoms with Crippen molar-refractivity contribution in [3.63, 3.8) is 0 Å². The van der Waals surface area contributed by atoms with Gasteiger partial charge in [0, 0.05) is 18.2 Å². The lowest BCUT2D eigenvalue weighted by Gasteiger charge is -2.27. The van der Waals surface area contributed by atoms with Crippen LogP contribution in [0.25, 0.3) is 0 Å². The molecule has 102 valence electrons. The topological polar surface area (TPSA) is 46.3 Å². The van der Waals surface area contributed by atoms with Gasteiger partial charge < -0.3 is 10.6 Å². The van der Waals surface area contributed by atoms with E-state index in [1.165, 1.54) is 11.3 Å².